The minimum atomic E-state index is -4.15. The van der Waals surface area contributed by atoms with E-state index in [1.165, 1.54) is 0 Å². The second kappa shape index (κ2) is 10.0. The van der Waals surface area contributed by atoms with Gasteiger partial charge in [-0.1, -0.05) is 13.2 Å². The third-order valence-electron chi connectivity index (χ3n) is 0.408. The average molecular weight is 228 g/mol. The first-order valence-electron chi connectivity index (χ1n) is 2.29. The van der Waals surface area contributed by atoms with Crippen molar-refractivity contribution in [2.75, 3.05) is 0 Å². The molecule has 0 unspecified atom stereocenters. The molecule has 0 saturated heterocycles. The van der Waals surface area contributed by atoms with Crippen molar-refractivity contribution in [1.29, 1.82) is 0 Å². The van der Waals surface area contributed by atoms with Gasteiger partial charge in [0.15, 0.2) is 0 Å². The number of hydrogen-bond donors (Lipinski definition) is 0. The molecule has 0 aromatic carbocycles. The van der Waals surface area contributed by atoms with Crippen molar-refractivity contribution < 1.29 is 63.7 Å². The van der Waals surface area contributed by atoms with E-state index < -0.39 is 20.2 Å². The van der Waals surface area contributed by atoms with E-state index in [1.54, 1.807) is 0 Å². The third-order valence-corrected chi connectivity index (χ3v) is 1.22. The molecule has 6 nitrogen and oxygen atoms in total. The van der Waals surface area contributed by atoms with Crippen LogP contribution in [0.5, 0.6) is 0 Å². The smallest absolute Gasteiger partial charge is 0.745 e. The molecule has 14 heavy (non-hydrogen) atoms. The minimum Gasteiger partial charge on any atom is -0.745 e. The monoisotopic (exact) mass is 228 g/mol. The van der Waals surface area contributed by atoms with Gasteiger partial charge in [-0.25, -0.2) is 16.8 Å². The van der Waals surface area contributed by atoms with Crippen LogP contribution in [0.1, 0.15) is 0 Å². The fourth-order valence-electron chi connectivity index (χ4n) is 0. The zero-order chi connectivity index (χ0) is 10.4. The van der Waals surface area contributed by atoms with Gasteiger partial charge in [-0.2, -0.15) is 0 Å². The SMILES string of the molecule is C=CS(=O)(=O)[O-].C=CS(=O)(=O)[O-].[Li+].[Li+]. The standard InChI is InChI=1S/2C2H4O3S.2Li/c2*1-2-6(3,4)5;;/h2*2H,1H2,(H,3,4,5);;/q;;2*+1/p-2. The molecule has 0 heterocycles. The van der Waals surface area contributed by atoms with Crippen LogP contribution in [-0.4, -0.2) is 25.9 Å². The summed E-state index contributed by atoms with van der Waals surface area (Å²) in [6, 6.07) is 0. The van der Waals surface area contributed by atoms with Crippen molar-refractivity contribution in [3.8, 4) is 0 Å². The van der Waals surface area contributed by atoms with E-state index in [9.17, 15) is 25.9 Å². The van der Waals surface area contributed by atoms with Crippen LogP contribution in [0, 0.1) is 0 Å². The quantitative estimate of drug-likeness (QED) is 0.343. The fraction of sp³-hybridized carbons (Fsp3) is 0. The van der Waals surface area contributed by atoms with Crippen molar-refractivity contribution in [3.05, 3.63) is 24.0 Å². The predicted molar refractivity (Wildman–Crippen MR) is 39.8 cm³/mol. The van der Waals surface area contributed by atoms with Gasteiger partial charge in [0, 0.05) is 10.8 Å². The van der Waals surface area contributed by atoms with E-state index in [0.717, 1.165) is 0 Å². The van der Waals surface area contributed by atoms with Crippen LogP contribution in [0.4, 0.5) is 0 Å². The van der Waals surface area contributed by atoms with E-state index in [-0.39, 0.29) is 37.7 Å². The second-order valence-corrected chi connectivity index (χ2v) is 3.96. The minimum absolute atomic E-state index is 0. The zero-order valence-electron chi connectivity index (χ0n) is 7.83. The van der Waals surface area contributed by atoms with E-state index >= 15 is 0 Å². The molecule has 72 valence electrons. The molecule has 10 heteroatoms. The maximum absolute atomic E-state index is 9.33. The number of rotatable bonds is 2. The summed E-state index contributed by atoms with van der Waals surface area (Å²) >= 11 is 0. The van der Waals surface area contributed by atoms with Gasteiger partial charge in [-0.3, -0.25) is 0 Å². The van der Waals surface area contributed by atoms with Gasteiger partial charge in [0.2, 0.25) is 0 Å². The van der Waals surface area contributed by atoms with Crippen molar-refractivity contribution in [2.24, 2.45) is 0 Å². The van der Waals surface area contributed by atoms with Gasteiger partial charge in [-0.05, 0) is 0 Å². The summed E-state index contributed by atoms with van der Waals surface area (Å²) in [6.45, 7) is 5.46. The van der Waals surface area contributed by atoms with Crippen molar-refractivity contribution in [3.63, 3.8) is 0 Å². The first-order valence-corrected chi connectivity index (χ1v) is 5.23. The average Bonchev–Trinajstić information content (AvgIpc) is 1.86. The van der Waals surface area contributed by atoms with E-state index in [4.69, 9.17) is 0 Å². The van der Waals surface area contributed by atoms with E-state index in [1.807, 2.05) is 0 Å². The predicted octanol–water partition coefficient (Wildman–Crippen LogP) is -6.64. The summed E-state index contributed by atoms with van der Waals surface area (Å²) < 4.78 is 56.0. The largest absolute Gasteiger partial charge is 1.00 e. The molecule has 0 N–H and O–H groups in total. The summed E-state index contributed by atoms with van der Waals surface area (Å²) in [4.78, 5) is 0. The van der Waals surface area contributed by atoms with Crippen LogP contribution in [0.2, 0.25) is 0 Å². The molecule has 0 aliphatic carbocycles. The topological polar surface area (TPSA) is 114 Å². The molecule has 0 bridgehead atoms. The second-order valence-electron chi connectivity index (χ2n) is 1.32. The summed E-state index contributed by atoms with van der Waals surface area (Å²) in [6.07, 6.45) is 0. The van der Waals surface area contributed by atoms with Crippen molar-refractivity contribution in [2.45, 2.75) is 0 Å². The Kier molecular flexibility index (Phi) is 17.2. The maximum Gasteiger partial charge on any atom is 1.00 e. The Balaban J connectivity index is -0.0000000625. The molecule has 0 aromatic heterocycles. The van der Waals surface area contributed by atoms with Gasteiger partial charge in [-0.15, -0.1) is 0 Å². The fourth-order valence-corrected chi connectivity index (χ4v) is 0. The van der Waals surface area contributed by atoms with Gasteiger partial charge in [0.1, 0.15) is 20.2 Å². The summed E-state index contributed by atoms with van der Waals surface area (Å²) in [7, 11) is -8.30. The van der Waals surface area contributed by atoms with Gasteiger partial charge < -0.3 is 9.11 Å². The Bertz CT molecular complexity index is 283. The molecular formula is C4H6Li2O6S2. The summed E-state index contributed by atoms with van der Waals surface area (Å²) in [5.74, 6) is 0. The normalized spacial score (nSPS) is 9.29. The Morgan fingerprint density at radius 2 is 0.857 bits per heavy atom. The molecular weight excluding hydrogens is 222 g/mol. The van der Waals surface area contributed by atoms with Crippen molar-refractivity contribution >= 4 is 20.2 Å². The van der Waals surface area contributed by atoms with Gasteiger partial charge in [0.05, 0.1) is 0 Å². The van der Waals surface area contributed by atoms with Gasteiger partial charge in [0.25, 0.3) is 0 Å². The molecule has 0 saturated carbocycles. The van der Waals surface area contributed by atoms with Crippen molar-refractivity contribution in [1.82, 2.24) is 0 Å². The van der Waals surface area contributed by atoms with Crippen LogP contribution in [0.3, 0.4) is 0 Å². The molecule has 0 aliphatic rings. The number of hydrogen-bond acceptors (Lipinski definition) is 6. The Hall–Kier alpha value is 0.495. The van der Waals surface area contributed by atoms with Crippen LogP contribution in [-0.2, 0) is 20.2 Å². The first-order chi connectivity index (χ1) is 5.12. The first kappa shape index (κ1) is 24.0. The van der Waals surface area contributed by atoms with Crippen LogP contribution < -0.4 is 37.7 Å². The molecule has 0 aliphatic heterocycles. The molecule has 0 atom stereocenters. The molecule has 0 spiro atoms. The van der Waals surface area contributed by atoms with E-state index in [2.05, 4.69) is 13.2 Å². The van der Waals surface area contributed by atoms with Gasteiger partial charge >= 0.3 is 37.7 Å². The summed E-state index contributed by atoms with van der Waals surface area (Å²) in [5, 5.41) is 0.708. The third kappa shape index (κ3) is 39.1. The Labute approximate surface area is 107 Å². The van der Waals surface area contributed by atoms with Crippen LogP contribution in [0.15, 0.2) is 24.0 Å². The van der Waals surface area contributed by atoms with E-state index in [0.29, 0.717) is 10.8 Å². The van der Waals surface area contributed by atoms with Crippen LogP contribution >= 0.6 is 0 Å². The summed E-state index contributed by atoms with van der Waals surface area (Å²) in [5.41, 5.74) is 0. The molecule has 0 aromatic rings. The van der Waals surface area contributed by atoms with Crippen LogP contribution in [0.25, 0.3) is 0 Å². The maximum atomic E-state index is 9.33. The molecule has 0 amide bonds. The molecule has 0 rings (SSSR count). The molecule has 0 fully saturated rings. The Morgan fingerprint density at radius 3 is 0.857 bits per heavy atom. The molecule has 0 radical (unpaired) electrons. The Morgan fingerprint density at radius 1 is 0.786 bits per heavy atom. The zero-order valence-corrected chi connectivity index (χ0v) is 9.47.